The molecule has 0 radical (unpaired) electrons. The fourth-order valence-corrected chi connectivity index (χ4v) is 3.48. The number of nitrogens with zero attached hydrogens (tertiary/aromatic N) is 3. The molecule has 0 atom stereocenters. The lowest BCUT2D eigenvalue weighted by atomic mass is 10.1. The van der Waals surface area contributed by atoms with Gasteiger partial charge in [0.15, 0.2) is 5.82 Å². The first-order chi connectivity index (χ1) is 13.3. The van der Waals surface area contributed by atoms with Crippen LogP contribution >= 0.6 is 39.1 Å². The molecule has 0 aliphatic carbocycles. The Hall–Kier alpha value is -2.46. The average Bonchev–Trinajstić information content (AvgIpc) is 3.04. The number of nitrogens with one attached hydrogen (secondary N) is 2. The van der Waals surface area contributed by atoms with Gasteiger partial charge in [-0.1, -0.05) is 23.2 Å². The van der Waals surface area contributed by atoms with Gasteiger partial charge in [0.1, 0.15) is 5.69 Å². The third-order valence-electron chi connectivity index (χ3n) is 3.79. The molecule has 2 amide bonds. The van der Waals surface area contributed by atoms with Crippen LogP contribution in [0.3, 0.4) is 0 Å². The maximum atomic E-state index is 13.0. The highest BCUT2D eigenvalue weighted by Gasteiger charge is 2.23. The molecule has 8 nitrogen and oxygen atoms in total. The van der Waals surface area contributed by atoms with E-state index in [2.05, 4.69) is 31.3 Å². The van der Waals surface area contributed by atoms with Gasteiger partial charge < -0.3 is 5.32 Å². The van der Waals surface area contributed by atoms with Gasteiger partial charge in [0.2, 0.25) is 0 Å². The van der Waals surface area contributed by atoms with E-state index in [9.17, 15) is 9.59 Å². The van der Waals surface area contributed by atoms with Crippen LogP contribution < -0.4 is 16.6 Å². The van der Waals surface area contributed by atoms with E-state index in [0.29, 0.717) is 20.1 Å². The smallest absolute Gasteiger partial charge is 0.275 e. The van der Waals surface area contributed by atoms with Gasteiger partial charge in [0.05, 0.1) is 26.9 Å². The molecular weight excluding hydrogens is 471 g/mol. The molecule has 0 saturated carbocycles. The van der Waals surface area contributed by atoms with E-state index >= 15 is 0 Å². The molecule has 0 bridgehead atoms. The molecule has 11 heteroatoms. The maximum Gasteiger partial charge on any atom is 0.275 e. The fraction of sp³-hybridized carbons (Fsp3) is 0.0588. The molecule has 0 fully saturated rings. The Labute approximate surface area is 178 Å². The summed E-state index contributed by atoms with van der Waals surface area (Å²) in [5.74, 6) is 4.39. The lowest BCUT2D eigenvalue weighted by Gasteiger charge is -2.15. The number of pyridine rings is 1. The van der Waals surface area contributed by atoms with Gasteiger partial charge in [-0.2, -0.15) is 5.10 Å². The normalized spacial score (nSPS) is 10.6. The van der Waals surface area contributed by atoms with E-state index in [1.807, 2.05) is 5.43 Å². The minimum atomic E-state index is -0.596. The zero-order chi connectivity index (χ0) is 20.4. The first-order valence-corrected chi connectivity index (χ1v) is 9.35. The Morgan fingerprint density at radius 3 is 2.68 bits per heavy atom. The molecular formula is C17H13BrCl2N6O2. The highest BCUT2D eigenvalue weighted by molar-refractivity contribution is 9.10. The van der Waals surface area contributed by atoms with Crippen molar-refractivity contribution in [2.24, 2.45) is 5.84 Å². The average molecular weight is 484 g/mol. The number of hydrogen-bond acceptors (Lipinski definition) is 5. The number of rotatable bonds is 4. The molecule has 2 heterocycles. The molecule has 0 unspecified atom stereocenters. The van der Waals surface area contributed by atoms with Gasteiger partial charge in [-0.3, -0.25) is 15.0 Å². The number of hydrogen-bond donors (Lipinski definition) is 3. The molecule has 0 aliphatic heterocycles. The Morgan fingerprint density at radius 1 is 1.25 bits per heavy atom. The molecule has 0 aliphatic rings. The van der Waals surface area contributed by atoms with E-state index in [-0.39, 0.29) is 22.8 Å². The van der Waals surface area contributed by atoms with Crippen LogP contribution in [0.4, 0.5) is 5.69 Å². The molecule has 0 spiro atoms. The van der Waals surface area contributed by atoms with E-state index in [0.717, 1.165) is 0 Å². The van der Waals surface area contributed by atoms with E-state index in [4.69, 9.17) is 29.0 Å². The number of amides is 2. The minimum Gasteiger partial charge on any atom is -0.320 e. The van der Waals surface area contributed by atoms with Crippen LogP contribution in [0.2, 0.25) is 10.0 Å². The molecule has 2 aromatic heterocycles. The van der Waals surface area contributed by atoms with Gasteiger partial charge >= 0.3 is 0 Å². The summed E-state index contributed by atoms with van der Waals surface area (Å²) in [6.07, 6.45) is 2.98. The lowest BCUT2D eigenvalue weighted by Crippen LogP contribution is -2.31. The summed E-state index contributed by atoms with van der Waals surface area (Å²) in [6.45, 7) is 1.71. The number of nitrogens with two attached hydrogens (primary N) is 1. The van der Waals surface area contributed by atoms with Crippen LogP contribution in [0.25, 0.3) is 5.82 Å². The second kappa shape index (κ2) is 8.27. The first-order valence-electron chi connectivity index (χ1n) is 7.80. The van der Waals surface area contributed by atoms with Gasteiger partial charge in [-0.05, 0) is 52.7 Å². The number of aryl methyl sites for hydroxylation is 1. The number of aromatic nitrogens is 3. The van der Waals surface area contributed by atoms with Crippen molar-refractivity contribution in [3.05, 3.63) is 68.0 Å². The summed E-state index contributed by atoms with van der Waals surface area (Å²) >= 11 is 15.5. The van der Waals surface area contributed by atoms with Crippen LogP contribution in [0, 0.1) is 6.92 Å². The highest BCUT2D eigenvalue weighted by Crippen LogP contribution is 2.28. The quantitative estimate of drug-likeness (QED) is 0.298. The third kappa shape index (κ3) is 3.88. The second-order valence-electron chi connectivity index (χ2n) is 5.63. The van der Waals surface area contributed by atoms with Crippen LogP contribution in [-0.2, 0) is 0 Å². The van der Waals surface area contributed by atoms with Gasteiger partial charge in [0.25, 0.3) is 11.8 Å². The lowest BCUT2D eigenvalue weighted by molar-refractivity contribution is 0.0954. The Morgan fingerprint density at radius 2 is 2.00 bits per heavy atom. The maximum absolute atomic E-state index is 13.0. The standard InChI is InChI=1S/C17H13BrCl2N6O2/c1-8-5-9(19)6-10(16(27)25-21)13(8)24-17(28)14-11(18)7-23-26(14)15-12(20)3-2-4-22-15/h2-7H,21H2,1H3,(H,24,28)(H,25,27). The topological polar surface area (TPSA) is 115 Å². The zero-order valence-corrected chi connectivity index (χ0v) is 17.4. The number of nitrogen functional groups attached to an aromatic ring is 1. The van der Waals surface area contributed by atoms with Crippen molar-refractivity contribution >= 4 is 56.6 Å². The molecule has 3 aromatic rings. The largest absolute Gasteiger partial charge is 0.320 e. The Balaban J connectivity index is 2.06. The number of anilines is 1. The van der Waals surface area contributed by atoms with E-state index < -0.39 is 11.8 Å². The summed E-state index contributed by atoms with van der Waals surface area (Å²) in [5, 5.41) is 7.53. The van der Waals surface area contributed by atoms with Crippen LogP contribution in [-0.4, -0.2) is 26.6 Å². The van der Waals surface area contributed by atoms with Gasteiger partial charge in [-0.15, -0.1) is 0 Å². The van der Waals surface area contributed by atoms with Crippen LogP contribution in [0.1, 0.15) is 26.4 Å². The van der Waals surface area contributed by atoms with Gasteiger partial charge in [0, 0.05) is 11.2 Å². The van der Waals surface area contributed by atoms with Crippen molar-refractivity contribution in [2.45, 2.75) is 6.92 Å². The predicted octanol–water partition coefficient (Wildman–Crippen LogP) is 3.50. The monoisotopic (exact) mass is 482 g/mol. The Kier molecular flexibility index (Phi) is 5.99. The van der Waals surface area contributed by atoms with E-state index in [1.54, 1.807) is 25.1 Å². The summed E-state index contributed by atoms with van der Waals surface area (Å²) in [6, 6.07) is 6.33. The van der Waals surface area contributed by atoms with Crippen molar-refractivity contribution < 1.29 is 9.59 Å². The van der Waals surface area contributed by atoms with Crippen molar-refractivity contribution in [3.63, 3.8) is 0 Å². The zero-order valence-electron chi connectivity index (χ0n) is 14.3. The Bertz CT molecular complexity index is 1090. The minimum absolute atomic E-state index is 0.124. The summed E-state index contributed by atoms with van der Waals surface area (Å²) in [7, 11) is 0. The molecule has 0 saturated heterocycles. The number of benzene rings is 1. The fourth-order valence-electron chi connectivity index (χ4n) is 2.57. The summed E-state index contributed by atoms with van der Waals surface area (Å²) in [4.78, 5) is 29.3. The van der Waals surface area contributed by atoms with Gasteiger partial charge in [-0.25, -0.2) is 15.5 Å². The van der Waals surface area contributed by atoms with Crippen molar-refractivity contribution in [1.29, 1.82) is 0 Å². The highest BCUT2D eigenvalue weighted by atomic mass is 79.9. The number of carbonyl (C=O) groups excluding carboxylic acids is 2. The predicted molar refractivity (Wildman–Crippen MR) is 110 cm³/mol. The summed E-state index contributed by atoms with van der Waals surface area (Å²) in [5.41, 5.74) is 3.16. The van der Waals surface area contributed by atoms with Crippen molar-refractivity contribution in [2.75, 3.05) is 5.32 Å². The van der Waals surface area contributed by atoms with Crippen molar-refractivity contribution in [3.8, 4) is 5.82 Å². The molecule has 144 valence electrons. The first kappa shape index (κ1) is 20.3. The molecule has 1 aromatic carbocycles. The van der Waals surface area contributed by atoms with Crippen molar-refractivity contribution in [1.82, 2.24) is 20.2 Å². The molecule has 4 N–H and O–H groups in total. The van der Waals surface area contributed by atoms with Crippen LogP contribution in [0.5, 0.6) is 0 Å². The van der Waals surface area contributed by atoms with E-state index in [1.165, 1.54) is 23.1 Å². The molecule has 28 heavy (non-hydrogen) atoms. The number of hydrazine groups is 1. The number of halogens is 3. The molecule has 3 rings (SSSR count). The number of carbonyl (C=O) groups is 2. The summed E-state index contributed by atoms with van der Waals surface area (Å²) < 4.78 is 1.72. The third-order valence-corrected chi connectivity index (χ3v) is 4.89. The van der Waals surface area contributed by atoms with Crippen LogP contribution in [0.15, 0.2) is 41.1 Å². The SMILES string of the molecule is Cc1cc(Cl)cc(C(=O)NN)c1NC(=O)c1c(Br)cnn1-c1ncccc1Cl. The second-order valence-corrected chi connectivity index (χ2v) is 7.33.